The lowest BCUT2D eigenvalue weighted by molar-refractivity contribution is 0.354. The normalized spacial score (nSPS) is 15.3. The average Bonchev–Trinajstić information content (AvgIpc) is 3.16. The van der Waals surface area contributed by atoms with Crippen LogP contribution in [0.25, 0.3) is 11.3 Å². The van der Waals surface area contributed by atoms with Gasteiger partial charge in [-0.15, -0.1) is 5.10 Å². The van der Waals surface area contributed by atoms with Crippen LogP contribution >= 0.6 is 15.9 Å². The maximum Gasteiger partial charge on any atom is 0.244 e. The molecule has 2 aromatic carbocycles. The summed E-state index contributed by atoms with van der Waals surface area (Å²) in [7, 11) is 3.14. The number of aromatic amines is 1. The Balaban J connectivity index is 1.93. The zero-order valence-corrected chi connectivity index (χ0v) is 17.3. The maximum absolute atomic E-state index is 9.82. The Morgan fingerprint density at radius 1 is 1.14 bits per heavy atom. The molecule has 1 atom stereocenters. The van der Waals surface area contributed by atoms with Gasteiger partial charge in [0.2, 0.25) is 11.8 Å². The lowest BCUT2D eigenvalue weighted by Gasteiger charge is -2.24. The third-order valence-corrected chi connectivity index (χ3v) is 5.34. The molecule has 1 aromatic heterocycles. The molecule has 4 rings (SSSR count). The van der Waals surface area contributed by atoms with E-state index in [4.69, 9.17) is 19.9 Å². The van der Waals surface area contributed by atoms with Crippen molar-refractivity contribution in [2.45, 2.75) is 5.92 Å². The minimum absolute atomic E-state index is 0.0358. The number of nitrogens with one attached hydrogen (secondary N) is 1. The summed E-state index contributed by atoms with van der Waals surface area (Å²) in [5, 5.41) is 17.1. The smallest absolute Gasteiger partial charge is 0.244 e. The Bertz CT molecular complexity index is 1150. The number of nitriles is 1. The molecule has 0 radical (unpaired) electrons. The number of nitrogens with zero attached hydrogens (tertiary/aromatic N) is 2. The van der Waals surface area contributed by atoms with E-state index in [-0.39, 0.29) is 5.88 Å². The Kier molecular flexibility index (Phi) is 4.91. The van der Waals surface area contributed by atoms with Crippen LogP contribution in [0, 0.1) is 11.3 Å². The zero-order chi connectivity index (χ0) is 20.5. The van der Waals surface area contributed by atoms with Gasteiger partial charge in [-0.1, -0.05) is 34.1 Å². The average molecular weight is 453 g/mol. The number of methoxy groups -OCH3 is 2. The number of benzene rings is 2. The van der Waals surface area contributed by atoms with Gasteiger partial charge in [-0.05, 0) is 29.8 Å². The predicted molar refractivity (Wildman–Crippen MR) is 111 cm³/mol. The van der Waals surface area contributed by atoms with Crippen LogP contribution in [0.3, 0.4) is 0 Å². The monoisotopic (exact) mass is 452 g/mol. The summed E-state index contributed by atoms with van der Waals surface area (Å²) in [4.78, 5) is 0. The molecular weight excluding hydrogens is 436 g/mol. The van der Waals surface area contributed by atoms with Gasteiger partial charge in [0.15, 0.2) is 11.5 Å². The topological polar surface area (TPSA) is 106 Å². The SMILES string of the molecule is COc1ccc([C@H]2C(C#N)=C(N)Oc3n[nH]c(-c4ccc(Br)cc4)c32)cc1OC. The molecule has 1 aliphatic heterocycles. The lowest BCUT2D eigenvalue weighted by Crippen LogP contribution is -2.21. The minimum Gasteiger partial charge on any atom is -0.493 e. The molecular formula is C21H17BrN4O3. The Morgan fingerprint density at radius 2 is 1.86 bits per heavy atom. The summed E-state index contributed by atoms with van der Waals surface area (Å²) < 4.78 is 17.4. The maximum atomic E-state index is 9.82. The largest absolute Gasteiger partial charge is 0.493 e. The Morgan fingerprint density at radius 3 is 2.52 bits per heavy atom. The van der Waals surface area contributed by atoms with Gasteiger partial charge < -0.3 is 19.9 Å². The van der Waals surface area contributed by atoms with E-state index < -0.39 is 5.92 Å². The second-order valence-corrected chi connectivity index (χ2v) is 7.28. The van der Waals surface area contributed by atoms with Gasteiger partial charge >= 0.3 is 0 Å². The highest BCUT2D eigenvalue weighted by atomic mass is 79.9. The molecule has 0 aliphatic carbocycles. The van der Waals surface area contributed by atoms with E-state index in [2.05, 4.69) is 32.2 Å². The quantitative estimate of drug-likeness (QED) is 0.617. The van der Waals surface area contributed by atoms with Crippen molar-refractivity contribution >= 4 is 15.9 Å². The summed E-state index contributed by atoms with van der Waals surface area (Å²) in [6, 6.07) is 15.5. The number of allylic oxidation sites excluding steroid dienone is 1. The molecule has 3 aromatic rings. The number of hydrogen-bond acceptors (Lipinski definition) is 6. The van der Waals surface area contributed by atoms with Crippen LogP contribution in [-0.4, -0.2) is 24.4 Å². The van der Waals surface area contributed by atoms with E-state index >= 15 is 0 Å². The van der Waals surface area contributed by atoms with Gasteiger partial charge in [-0.2, -0.15) is 5.26 Å². The van der Waals surface area contributed by atoms with Crippen LogP contribution in [0.15, 0.2) is 58.4 Å². The summed E-state index contributed by atoms with van der Waals surface area (Å²) in [6.45, 7) is 0. The van der Waals surface area contributed by atoms with Gasteiger partial charge in [-0.3, -0.25) is 5.10 Å². The molecule has 3 N–H and O–H groups in total. The highest BCUT2D eigenvalue weighted by Crippen LogP contribution is 2.47. The number of fused-ring (bicyclic) bond motifs is 1. The fourth-order valence-corrected chi connectivity index (χ4v) is 3.71. The van der Waals surface area contributed by atoms with Crippen molar-refractivity contribution in [3.63, 3.8) is 0 Å². The number of rotatable bonds is 4. The number of ether oxygens (including phenoxy) is 3. The highest BCUT2D eigenvalue weighted by Gasteiger charge is 2.36. The number of H-pyrrole nitrogens is 1. The number of halogens is 1. The molecule has 2 heterocycles. The van der Waals surface area contributed by atoms with Crippen molar-refractivity contribution in [2.75, 3.05) is 14.2 Å². The first-order valence-corrected chi connectivity index (χ1v) is 9.50. The third-order valence-electron chi connectivity index (χ3n) is 4.81. The molecule has 146 valence electrons. The molecule has 0 unspecified atom stereocenters. The van der Waals surface area contributed by atoms with E-state index in [1.165, 1.54) is 0 Å². The van der Waals surface area contributed by atoms with Gasteiger partial charge in [0, 0.05) is 10.0 Å². The van der Waals surface area contributed by atoms with Crippen molar-refractivity contribution in [3.8, 4) is 34.7 Å². The van der Waals surface area contributed by atoms with Crippen LogP contribution in [0.2, 0.25) is 0 Å². The molecule has 0 saturated heterocycles. The Hall–Kier alpha value is -3.44. The number of hydrogen-bond donors (Lipinski definition) is 2. The summed E-state index contributed by atoms with van der Waals surface area (Å²) >= 11 is 3.45. The standard InChI is InChI=1S/C21H17BrN4O3/c1-27-15-8-5-12(9-16(15)28-2)17-14(10-23)20(24)29-21-18(17)19(25-26-21)11-3-6-13(22)7-4-11/h3-9,17H,24H2,1-2H3,(H,25,26)/t17-/m0/s1. The predicted octanol–water partition coefficient (Wildman–Crippen LogP) is 4.07. The van der Waals surface area contributed by atoms with Crippen molar-refractivity contribution in [1.82, 2.24) is 10.2 Å². The van der Waals surface area contributed by atoms with Crippen LogP contribution in [0.1, 0.15) is 17.0 Å². The van der Waals surface area contributed by atoms with Gasteiger partial charge in [-0.25, -0.2) is 0 Å². The van der Waals surface area contributed by atoms with Gasteiger partial charge in [0.1, 0.15) is 11.6 Å². The number of aromatic nitrogens is 2. The lowest BCUT2D eigenvalue weighted by atomic mass is 9.83. The summed E-state index contributed by atoms with van der Waals surface area (Å²) in [5.41, 5.74) is 9.58. The fourth-order valence-electron chi connectivity index (χ4n) is 3.45. The molecule has 0 spiro atoms. The first kappa shape index (κ1) is 18.9. The van der Waals surface area contributed by atoms with Gasteiger partial charge in [0.25, 0.3) is 0 Å². The molecule has 0 amide bonds. The summed E-state index contributed by atoms with van der Waals surface area (Å²) in [6.07, 6.45) is 0. The zero-order valence-electron chi connectivity index (χ0n) is 15.7. The van der Waals surface area contributed by atoms with Crippen LogP contribution < -0.4 is 19.9 Å². The van der Waals surface area contributed by atoms with Crippen LogP contribution in [-0.2, 0) is 0 Å². The van der Waals surface area contributed by atoms with Crippen molar-refractivity contribution < 1.29 is 14.2 Å². The van der Waals surface area contributed by atoms with Crippen molar-refractivity contribution in [2.24, 2.45) is 5.73 Å². The first-order valence-electron chi connectivity index (χ1n) is 8.71. The third kappa shape index (κ3) is 3.19. The molecule has 8 heteroatoms. The van der Waals surface area contributed by atoms with E-state index in [1.54, 1.807) is 20.3 Å². The Labute approximate surface area is 175 Å². The second kappa shape index (κ2) is 7.53. The van der Waals surface area contributed by atoms with Crippen LogP contribution in [0.4, 0.5) is 0 Å². The van der Waals surface area contributed by atoms with E-state index in [1.807, 2.05) is 36.4 Å². The van der Waals surface area contributed by atoms with Crippen molar-refractivity contribution in [1.29, 1.82) is 5.26 Å². The van der Waals surface area contributed by atoms with Crippen molar-refractivity contribution in [3.05, 3.63) is 69.5 Å². The van der Waals surface area contributed by atoms with E-state index in [9.17, 15) is 5.26 Å². The minimum atomic E-state index is -0.471. The molecule has 0 bridgehead atoms. The first-order chi connectivity index (χ1) is 14.1. The molecule has 29 heavy (non-hydrogen) atoms. The fraction of sp³-hybridized carbons (Fsp3) is 0.143. The highest BCUT2D eigenvalue weighted by molar-refractivity contribution is 9.10. The van der Waals surface area contributed by atoms with E-state index in [0.717, 1.165) is 26.9 Å². The second-order valence-electron chi connectivity index (χ2n) is 6.36. The molecule has 7 nitrogen and oxygen atoms in total. The molecule has 0 fully saturated rings. The number of nitrogens with two attached hydrogens (primary N) is 1. The molecule has 0 saturated carbocycles. The molecule has 1 aliphatic rings. The summed E-state index contributed by atoms with van der Waals surface area (Å²) in [5.74, 6) is 1.07. The van der Waals surface area contributed by atoms with Crippen LogP contribution in [0.5, 0.6) is 17.4 Å². The van der Waals surface area contributed by atoms with Gasteiger partial charge in [0.05, 0.1) is 31.4 Å². The van der Waals surface area contributed by atoms with E-state index in [0.29, 0.717) is 23.0 Å².